The van der Waals surface area contributed by atoms with Gasteiger partial charge in [-0.3, -0.25) is 0 Å². The van der Waals surface area contributed by atoms with Crippen molar-refractivity contribution in [3.63, 3.8) is 0 Å². The van der Waals surface area contributed by atoms with Crippen molar-refractivity contribution in [1.82, 2.24) is 14.8 Å². The smallest absolute Gasteiger partial charge is 0.151 e. The number of rotatable bonds is 5. The second-order valence-corrected chi connectivity index (χ2v) is 4.13. The molecule has 0 aliphatic carbocycles. The van der Waals surface area contributed by atoms with Crippen LogP contribution < -0.4 is 10.2 Å². The van der Waals surface area contributed by atoms with Crippen LogP contribution in [0, 0.1) is 0 Å². The highest BCUT2D eigenvalue weighted by molar-refractivity contribution is 5.64. The molecule has 0 aliphatic rings. The lowest BCUT2D eigenvalue weighted by Gasteiger charge is -2.16. The number of hydrogen-bond acceptors (Lipinski definition) is 4. The quantitative estimate of drug-likeness (QED) is 0.873. The summed E-state index contributed by atoms with van der Waals surface area (Å²) in [5, 5.41) is 7.49. The first-order valence-corrected chi connectivity index (χ1v) is 5.72. The molecule has 0 fully saturated rings. The zero-order chi connectivity index (χ0) is 13.0. The summed E-state index contributed by atoms with van der Waals surface area (Å²) in [6.07, 6.45) is 7.21. The van der Waals surface area contributed by atoms with Gasteiger partial charge in [0.1, 0.15) is 0 Å². The van der Waals surface area contributed by atoms with Gasteiger partial charge in [-0.15, -0.1) is 0 Å². The van der Waals surface area contributed by atoms with Crippen molar-refractivity contribution < 1.29 is 0 Å². The molecule has 0 radical (unpaired) electrons. The van der Waals surface area contributed by atoms with Gasteiger partial charge in [-0.25, -0.2) is 9.67 Å². The monoisotopic (exact) mass is 243 g/mol. The molecule has 0 aliphatic heterocycles. The fourth-order valence-electron chi connectivity index (χ4n) is 1.66. The van der Waals surface area contributed by atoms with Gasteiger partial charge in [0.25, 0.3) is 0 Å². The number of nitrogens with zero attached hydrogens (tertiary/aromatic N) is 4. The highest BCUT2D eigenvalue weighted by Crippen LogP contribution is 2.20. The van der Waals surface area contributed by atoms with E-state index in [2.05, 4.69) is 22.0 Å². The number of aromatic nitrogens is 3. The van der Waals surface area contributed by atoms with Gasteiger partial charge >= 0.3 is 0 Å². The highest BCUT2D eigenvalue weighted by Gasteiger charge is 2.05. The number of nitrogens with one attached hydrogen (secondary N) is 1. The van der Waals surface area contributed by atoms with E-state index in [0.29, 0.717) is 6.54 Å². The van der Waals surface area contributed by atoms with Gasteiger partial charge in [-0.1, -0.05) is 6.58 Å². The minimum absolute atomic E-state index is 0.709. The molecule has 1 N–H and O–H groups in total. The molecule has 0 saturated carbocycles. The van der Waals surface area contributed by atoms with Gasteiger partial charge in [0, 0.05) is 44.8 Å². The van der Waals surface area contributed by atoms with Crippen molar-refractivity contribution in [1.29, 1.82) is 0 Å². The fraction of sp³-hybridized carbons (Fsp3) is 0.231. The molecule has 2 heterocycles. The summed E-state index contributed by atoms with van der Waals surface area (Å²) in [4.78, 5) is 6.32. The Morgan fingerprint density at radius 1 is 1.50 bits per heavy atom. The second-order valence-electron chi connectivity index (χ2n) is 4.13. The van der Waals surface area contributed by atoms with Crippen LogP contribution in [0.1, 0.15) is 5.56 Å². The van der Waals surface area contributed by atoms with Crippen LogP contribution in [0.15, 0.2) is 37.3 Å². The average molecular weight is 243 g/mol. The Labute approximate surface area is 107 Å². The summed E-state index contributed by atoms with van der Waals surface area (Å²) in [6.45, 7) is 4.37. The number of hydrogen-bond donors (Lipinski definition) is 1. The molecule has 0 amide bonds. The zero-order valence-electron chi connectivity index (χ0n) is 10.7. The van der Waals surface area contributed by atoms with Gasteiger partial charge in [-0.05, 0) is 12.1 Å². The van der Waals surface area contributed by atoms with Gasteiger partial charge < -0.3 is 10.2 Å². The first kappa shape index (κ1) is 12.2. The van der Waals surface area contributed by atoms with E-state index >= 15 is 0 Å². The van der Waals surface area contributed by atoms with E-state index in [1.807, 2.05) is 43.5 Å². The van der Waals surface area contributed by atoms with Crippen LogP contribution >= 0.6 is 0 Å². The Kier molecular flexibility index (Phi) is 3.62. The van der Waals surface area contributed by atoms with E-state index < -0.39 is 0 Å². The van der Waals surface area contributed by atoms with Crippen molar-refractivity contribution in [2.75, 3.05) is 24.3 Å². The SMILES string of the molecule is C=Cn1cc(CNc2cccnc2N(C)C)cn1. The van der Waals surface area contributed by atoms with E-state index in [9.17, 15) is 0 Å². The zero-order valence-corrected chi connectivity index (χ0v) is 10.7. The summed E-state index contributed by atoms with van der Waals surface area (Å²) in [7, 11) is 3.95. The van der Waals surface area contributed by atoms with Gasteiger partial charge in [0.2, 0.25) is 0 Å². The third-order valence-corrected chi connectivity index (χ3v) is 2.54. The Morgan fingerprint density at radius 2 is 2.33 bits per heavy atom. The topological polar surface area (TPSA) is 46.0 Å². The van der Waals surface area contributed by atoms with Crippen LogP contribution in [0.3, 0.4) is 0 Å². The Bertz CT molecular complexity index is 530. The summed E-state index contributed by atoms with van der Waals surface area (Å²) in [6, 6.07) is 3.93. The van der Waals surface area contributed by atoms with Gasteiger partial charge in [0.05, 0.1) is 11.9 Å². The third kappa shape index (κ3) is 2.68. The minimum Gasteiger partial charge on any atom is -0.378 e. The lowest BCUT2D eigenvalue weighted by molar-refractivity contribution is 0.936. The van der Waals surface area contributed by atoms with Crippen LogP contribution in [0.2, 0.25) is 0 Å². The summed E-state index contributed by atoms with van der Waals surface area (Å²) in [5.74, 6) is 0.925. The largest absolute Gasteiger partial charge is 0.378 e. The molecular formula is C13H17N5. The van der Waals surface area contributed by atoms with E-state index in [0.717, 1.165) is 17.1 Å². The normalized spacial score (nSPS) is 10.1. The van der Waals surface area contributed by atoms with Crippen LogP contribution in [-0.4, -0.2) is 28.9 Å². The standard InChI is InChI=1S/C13H17N5/c1-4-18-10-11(9-16-18)8-15-12-6-5-7-14-13(12)17(2)3/h4-7,9-10,15H,1,8H2,2-3H3. The van der Waals surface area contributed by atoms with E-state index in [1.54, 1.807) is 17.1 Å². The minimum atomic E-state index is 0.709. The predicted octanol–water partition coefficient (Wildman–Crippen LogP) is 2.06. The lowest BCUT2D eigenvalue weighted by Crippen LogP contribution is -2.13. The maximum absolute atomic E-state index is 4.34. The molecule has 0 spiro atoms. The lowest BCUT2D eigenvalue weighted by atomic mass is 10.3. The molecule has 0 bridgehead atoms. The molecule has 0 aromatic carbocycles. The maximum atomic E-state index is 4.34. The molecule has 0 unspecified atom stereocenters. The maximum Gasteiger partial charge on any atom is 0.151 e. The van der Waals surface area contributed by atoms with Crippen molar-refractivity contribution in [2.45, 2.75) is 6.54 Å². The van der Waals surface area contributed by atoms with Crippen LogP contribution in [0.25, 0.3) is 6.20 Å². The fourth-order valence-corrected chi connectivity index (χ4v) is 1.66. The van der Waals surface area contributed by atoms with Crippen molar-refractivity contribution >= 4 is 17.7 Å². The first-order valence-electron chi connectivity index (χ1n) is 5.72. The molecule has 18 heavy (non-hydrogen) atoms. The molecule has 2 rings (SSSR count). The Morgan fingerprint density at radius 3 is 3.00 bits per heavy atom. The average Bonchev–Trinajstić information content (AvgIpc) is 2.84. The molecule has 2 aromatic rings. The molecule has 5 nitrogen and oxygen atoms in total. The van der Waals surface area contributed by atoms with E-state index in [1.165, 1.54) is 0 Å². The molecule has 94 valence electrons. The van der Waals surface area contributed by atoms with E-state index in [4.69, 9.17) is 0 Å². The Balaban J connectivity index is 2.08. The molecular weight excluding hydrogens is 226 g/mol. The third-order valence-electron chi connectivity index (χ3n) is 2.54. The number of pyridine rings is 1. The van der Waals surface area contributed by atoms with Crippen molar-refractivity contribution in [3.05, 3.63) is 42.9 Å². The van der Waals surface area contributed by atoms with Crippen molar-refractivity contribution in [2.24, 2.45) is 0 Å². The van der Waals surface area contributed by atoms with Crippen LogP contribution in [-0.2, 0) is 6.54 Å². The molecule has 0 saturated heterocycles. The number of anilines is 2. The second kappa shape index (κ2) is 5.35. The van der Waals surface area contributed by atoms with Gasteiger partial charge in [-0.2, -0.15) is 5.10 Å². The first-order chi connectivity index (χ1) is 8.70. The van der Waals surface area contributed by atoms with Gasteiger partial charge in [0.15, 0.2) is 5.82 Å². The van der Waals surface area contributed by atoms with Crippen molar-refractivity contribution in [3.8, 4) is 0 Å². The summed E-state index contributed by atoms with van der Waals surface area (Å²) >= 11 is 0. The molecule has 2 aromatic heterocycles. The van der Waals surface area contributed by atoms with Crippen LogP contribution in [0.4, 0.5) is 11.5 Å². The molecule has 5 heteroatoms. The summed E-state index contributed by atoms with van der Waals surface area (Å²) < 4.78 is 1.69. The van der Waals surface area contributed by atoms with Crippen LogP contribution in [0.5, 0.6) is 0 Å². The summed E-state index contributed by atoms with van der Waals surface area (Å²) in [5.41, 5.74) is 2.11. The molecule has 0 atom stereocenters. The highest BCUT2D eigenvalue weighted by atomic mass is 15.2. The Hall–Kier alpha value is -2.30. The predicted molar refractivity (Wildman–Crippen MR) is 74.5 cm³/mol. The van der Waals surface area contributed by atoms with E-state index in [-0.39, 0.29) is 0 Å².